The Morgan fingerprint density at radius 3 is 2.44 bits per heavy atom. The molecular formula is C27H43N7O7. The van der Waals surface area contributed by atoms with Crippen LogP contribution in [-0.2, 0) is 14.3 Å². The van der Waals surface area contributed by atoms with Crippen molar-refractivity contribution >= 4 is 28.8 Å². The van der Waals surface area contributed by atoms with Crippen LogP contribution < -0.4 is 16.0 Å². The minimum absolute atomic E-state index is 0.227. The summed E-state index contributed by atoms with van der Waals surface area (Å²) in [6, 6.07) is -1.27. The molecule has 0 aliphatic carbocycles. The second-order valence-corrected chi connectivity index (χ2v) is 10.2. The van der Waals surface area contributed by atoms with Crippen LogP contribution in [0.15, 0.2) is 25.3 Å². The van der Waals surface area contributed by atoms with E-state index in [9.17, 15) is 30.0 Å². The second-order valence-electron chi connectivity index (χ2n) is 10.2. The van der Waals surface area contributed by atoms with Crippen molar-refractivity contribution in [3.8, 4) is 0 Å². The fraction of sp³-hybridized carbons (Fsp3) is 0.667. The van der Waals surface area contributed by atoms with Crippen molar-refractivity contribution in [2.45, 2.75) is 101 Å². The van der Waals surface area contributed by atoms with Crippen molar-refractivity contribution in [3.63, 3.8) is 0 Å². The number of amides is 2. The molecule has 0 saturated carbocycles. The predicted octanol–water partition coefficient (Wildman–Crippen LogP) is 0.253. The summed E-state index contributed by atoms with van der Waals surface area (Å²) in [5, 5.41) is 49.4. The predicted molar refractivity (Wildman–Crippen MR) is 150 cm³/mol. The maximum atomic E-state index is 12.6. The van der Waals surface area contributed by atoms with Crippen molar-refractivity contribution in [1.82, 2.24) is 30.6 Å². The molecule has 2 amide bonds. The van der Waals surface area contributed by atoms with E-state index in [4.69, 9.17) is 4.74 Å². The van der Waals surface area contributed by atoms with Crippen LogP contribution in [0.1, 0.15) is 64.2 Å². The van der Waals surface area contributed by atoms with Gasteiger partial charge in [-0.05, 0) is 19.3 Å². The number of carbonyl (C=O) groups is 2. The lowest BCUT2D eigenvalue weighted by Gasteiger charge is -2.44. The fourth-order valence-electron chi connectivity index (χ4n) is 4.79. The number of nitrogens with zero attached hydrogens (tertiary/aromatic N) is 3. The fourth-order valence-corrected chi connectivity index (χ4v) is 4.79. The van der Waals surface area contributed by atoms with E-state index < -0.39 is 49.2 Å². The van der Waals surface area contributed by atoms with E-state index in [-0.39, 0.29) is 18.3 Å². The smallest absolute Gasteiger partial charge is 0.239 e. The Morgan fingerprint density at radius 2 is 1.73 bits per heavy atom. The molecule has 1 saturated heterocycles. The number of rotatable bonds is 18. The van der Waals surface area contributed by atoms with Crippen molar-refractivity contribution in [2.75, 3.05) is 18.5 Å². The normalized spacial score (nSPS) is 23.2. The van der Waals surface area contributed by atoms with Crippen molar-refractivity contribution < 1.29 is 34.8 Å². The number of aliphatic hydroxyl groups excluding tert-OH is 4. The Kier molecular flexibility index (Phi) is 13.4. The summed E-state index contributed by atoms with van der Waals surface area (Å²) in [5.41, 5.74) is 0.788. The van der Waals surface area contributed by atoms with Gasteiger partial charge in [-0.15, -0.1) is 6.58 Å². The highest BCUT2D eigenvalue weighted by atomic mass is 16.5. The third-order valence-electron chi connectivity index (χ3n) is 7.09. The zero-order chi connectivity index (χ0) is 29.6. The number of hydrogen-bond donors (Lipinski definition) is 8. The van der Waals surface area contributed by atoms with Crippen LogP contribution in [0, 0.1) is 0 Å². The quantitative estimate of drug-likeness (QED) is 0.0888. The molecule has 3 rings (SSSR count). The van der Waals surface area contributed by atoms with Crippen LogP contribution in [0.2, 0.25) is 0 Å². The van der Waals surface area contributed by atoms with Gasteiger partial charge in [0.2, 0.25) is 11.8 Å². The van der Waals surface area contributed by atoms with Crippen molar-refractivity contribution in [2.24, 2.45) is 0 Å². The molecule has 6 atom stereocenters. The molecule has 41 heavy (non-hydrogen) atoms. The number of allylic oxidation sites excluding steroid dienone is 1. The van der Waals surface area contributed by atoms with E-state index in [0.29, 0.717) is 17.6 Å². The number of anilines is 1. The number of ether oxygens (including phenoxy) is 1. The summed E-state index contributed by atoms with van der Waals surface area (Å²) in [6.45, 7) is 2.64. The maximum absolute atomic E-state index is 12.6. The maximum Gasteiger partial charge on any atom is 0.239 e. The lowest BCUT2D eigenvalue weighted by atomic mass is 9.92. The topological polar surface area (TPSA) is 215 Å². The highest BCUT2D eigenvalue weighted by Crippen LogP contribution is 2.26. The minimum Gasteiger partial charge on any atom is -0.394 e. The van der Waals surface area contributed by atoms with Crippen LogP contribution in [0.25, 0.3) is 11.2 Å². The molecule has 0 aromatic carbocycles. The zero-order valence-electron chi connectivity index (χ0n) is 23.2. The highest BCUT2D eigenvalue weighted by Gasteiger charge is 2.48. The molecule has 2 aromatic rings. The highest BCUT2D eigenvalue weighted by molar-refractivity contribution is 5.85. The second kappa shape index (κ2) is 16.9. The zero-order valence-corrected chi connectivity index (χ0v) is 23.2. The molecule has 1 aliphatic heterocycles. The first kappa shape index (κ1) is 32.3. The molecule has 0 radical (unpaired) electrons. The Labute approximate surface area is 239 Å². The molecule has 1 aliphatic rings. The van der Waals surface area contributed by atoms with Gasteiger partial charge in [0, 0.05) is 6.42 Å². The van der Waals surface area contributed by atoms with E-state index in [2.05, 4.69) is 42.5 Å². The van der Waals surface area contributed by atoms with Gasteiger partial charge >= 0.3 is 0 Å². The average Bonchev–Trinajstić information content (AvgIpc) is 3.46. The Morgan fingerprint density at radius 1 is 1.02 bits per heavy atom. The number of unbranched alkanes of at least 4 members (excludes halogenated alkanes) is 8. The van der Waals surface area contributed by atoms with E-state index in [1.165, 1.54) is 38.3 Å². The summed E-state index contributed by atoms with van der Waals surface area (Å²) in [5.74, 6) is -0.687. The average molecular weight is 578 g/mol. The third-order valence-corrected chi connectivity index (χ3v) is 7.09. The summed E-state index contributed by atoms with van der Waals surface area (Å²) in [6.07, 6.45) is 7.44. The number of hydrogen-bond acceptors (Lipinski definition) is 11. The molecule has 228 valence electrons. The van der Waals surface area contributed by atoms with Crippen LogP contribution in [0.3, 0.4) is 0 Å². The Bertz CT molecular complexity index is 1100. The summed E-state index contributed by atoms with van der Waals surface area (Å²) in [7, 11) is 0. The summed E-state index contributed by atoms with van der Waals surface area (Å²) >= 11 is 0. The molecule has 14 nitrogen and oxygen atoms in total. The van der Waals surface area contributed by atoms with Gasteiger partial charge in [-0.2, -0.15) is 0 Å². The SMILES string of the molecule is C=CCCCCCCCCCCC(=O)NCC(=O)N[C@@H]1[C@@H](O)[C@@H](O)[C@@H](Nc2ncnc3nc[nH]c23)O[C@H]1[C@@H](O)CO. The number of aromatic amines is 1. The molecule has 8 N–H and O–H groups in total. The van der Waals surface area contributed by atoms with E-state index in [0.717, 1.165) is 32.1 Å². The van der Waals surface area contributed by atoms with E-state index >= 15 is 0 Å². The van der Waals surface area contributed by atoms with Gasteiger partial charge in [-0.25, -0.2) is 15.0 Å². The van der Waals surface area contributed by atoms with E-state index in [1.54, 1.807) is 0 Å². The number of carbonyl (C=O) groups excluding carboxylic acids is 2. The lowest BCUT2D eigenvalue weighted by Crippen LogP contribution is -2.68. The van der Waals surface area contributed by atoms with Crippen LogP contribution in [0.4, 0.5) is 5.82 Å². The first-order valence-corrected chi connectivity index (χ1v) is 14.2. The largest absolute Gasteiger partial charge is 0.394 e. The Hall–Kier alpha value is -3.17. The van der Waals surface area contributed by atoms with Gasteiger partial charge in [-0.3, -0.25) is 9.59 Å². The molecule has 3 heterocycles. The number of fused-ring (bicyclic) bond motifs is 1. The number of nitrogens with one attached hydrogen (secondary N) is 4. The minimum atomic E-state index is -1.59. The molecule has 0 bridgehead atoms. The molecule has 2 aromatic heterocycles. The van der Waals surface area contributed by atoms with Gasteiger partial charge in [0.05, 0.1) is 25.5 Å². The number of aliphatic hydroxyl groups is 4. The van der Waals surface area contributed by atoms with Crippen LogP contribution in [-0.4, -0.2) is 102 Å². The third kappa shape index (κ3) is 9.71. The number of H-pyrrole nitrogens is 1. The lowest BCUT2D eigenvalue weighted by molar-refractivity contribution is -0.204. The molecular weight excluding hydrogens is 534 g/mol. The molecule has 1 fully saturated rings. The number of aromatic nitrogens is 4. The first-order valence-electron chi connectivity index (χ1n) is 14.2. The van der Waals surface area contributed by atoms with E-state index in [1.807, 2.05) is 6.08 Å². The van der Waals surface area contributed by atoms with Gasteiger partial charge in [-0.1, -0.05) is 44.6 Å². The van der Waals surface area contributed by atoms with Gasteiger partial charge in [0.25, 0.3) is 0 Å². The number of imidazole rings is 1. The first-order chi connectivity index (χ1) is 19.8. The monoisotopic (exact) mass is 577 g/mol. The van der Waals surface area contributed by atoms with Crippen molar-refractivity contribution in [1.29, 1.82) is 0 Å². The van der Waals surface area contributed by atoms with Crippen LogP contribution in [0.5, 0.6) is 0 Å². The molecule has 14 heteroatoms. The molecule has 0 unspecified atom stereocenters. The summed E-state index contributed by atoms with van der Waals surface area (Å²) < 4.78 is 5.78. The van der Waals surface area contributed by atoms with Gasteiger partial charge in [0.15, 0.2) is 17.7 Å². The Balaban J connectivity index is 1.43. The van der Waals surface area contributed by atoms with Gasteiger partial charge < -0.3 is 46.1 Å². The molecule has 0 spiro atoms. The standard InChI is InChI=1S/C27H43N7O7/c1-2-3-4-5-6-7-8-9-10-11-12-18(37)28-13-19(38)33-20-22(39)23(40)27(41-24(20)17(36)14-35)34-26-21-25(30-15-29-21)31-16-32-26/h2,15-17,20,22-24,27,35-36,39-40H,1,3-14H2,(H,28,37)(H,33,38)(H2,29,30,31,32,34)/t17-,20+,22+,23+,24-,27-/m0/s1. The van der Waals surface area contributed by atoms with Crippen molar-refractivity contribution in [3.05, 3.63) is 25.3 Å². The summed E-state index contributed by atoms with van der Waals surface area (Å²) in [4.78, 5) is 39.8. The van der Waals surface area contributed by atoms with Crippen LogP contribution >= 0.6 is 0 Å². The van der Waals surface area contributed by atoms with Gasteiger partial charge in [0.1, 0.15) is 36.3 Å².